The average molecular weight is 479 g/mol. The number of nitrogens with zero attached hydrogens (tertiary/aromatic N) is 7. The quantitative estimate of drug-likeness (QED) is 0.373. The molecule has 5 rings (SSSR count). The van der Waals surface area contributed by atoms with E-state index >= 15 is 0 Å². The van der Waals surface area contributed by atoms with E-state index in [0.717, 1.165) is 12.4 Å². The summed E-state index contributed by atoms with van der Waals surface area (Å²) in [5.74, 6) is -1.77. The molecular weight excluding hydrogens is 466 g/mol. The number of alkyl halides is 3. The molecule has 0 aliphatic heterocycles. The summed E-state index contributed by atoms with van der Waals surface area (Å²) in [6.07, 6.45) is -0.109. The standard InChI is InChI=1S/C22H13F4N9/c23-14-4-2-1-3-13(14)18-12(8-33-34-18)9-35-15(5-27)16(17-19(28)31-10-32-20(17)35)11-6-29-21(30-7-11)22(24,25)26/h1-4,6-8,10H,9H2,(H,33,34)(H2,28,31,32). The summed E-state index contributed by atoms with van der Waals surface area (Å²) >= 11 is 0. The van der Waals surface area contributed by atoms with Crippen LogP contribution in [0.5, 0.6) is 0 Å². The van der Waals surface area contributed by atoms with E-state index < -0.39 is 17.8 Å². The molecule has 0 aliphatic carbocycles. The van der Waals surface area contributed by atoms with Crippen LogP contribution in [0.2, 0.25) is 0 Å². The molecule has 0 bridgehead atoms. The first-order valence-electron chi connectivity index (χ1n) is 9.99. The number of benzene rings is 1. The van der Waals surface area contributed by atoms with Crippen LogP contribution in [0.1, 0.15) is 17.1 Å². The molecule has 174 valence electrons. The molecule has 0 radical (unpaired) electrons. The van der Waals surface area contributed by atoms with Gasteiger partial charge in [-0.3, -0.25) is 5.10 Å². The fourth-order valence-electron chi connectivity index (χ4n) is 3.85. The highest BCUT2D eigenvalue weighted by molar-refractivity contribution is 6.03. The zero-order valence-electron chi connectivity index (χ0n) is 17.5. The number of H-pyrrole nitrogens is 1. The second kappa shape index (κ2) is 8.17. The highest BCUT2D eigenvalue weighted by atomic mass is 19.4. The van der Waals surface area contributed by atoms with Gasteiger partial charge in [-0.2, -0.15) is 23.5 Å². The Morgan fingerprint density at radius 3 is 2.49 bits per heavy atom. The summed E-state index contributed by atoms with van der Waals surface area (Å²) in [6.45, 7) is 0.0253. The molecule has 0 unspecified atom stereocenters. The third kappa shape index (κ3) is 3.70. The minimum atomic E-state index is -4.73. The van der Waals surface area contributed by atoms with E-state index in [0.29, 0.717) is 11.3 Å². The zero-order valence-corrected chi connectivity index (χ0v) is 17.5. The van der Waals surface area contributed by atoms with Crippen LogP contribution in [0, 0.1) is 17.1 Å². The van der Waals surface area contributed by atoms with Gasteiger partial charge in [-0.15, -0.1) is 0 Å². The van der Waals surface area contributed by atoms with Crippen molar-refractivity contribution in [2.45, 2.75) is 12.7 Å². The molecule has 0 atom stereocenters. The van der Waals surface area contributed by atoms with Crippen molar-refractivity contribution in [3.63, 3.8) is 0 Å². The molecule has 4 heterocycles. The molecule has 3 N–H and O–H groups in total. The van der Waals surface area contributed by atoms with Crippen molar-refractivity contribution in [3.05, 3.63) is 72.1 Å². The topological polar surface area (TPSA) is 135 Å². The van der Waals surface area contributed by atoms with Crippen LogP contribution in [-0.4, -0.2) is 34.7 Å². The Balaban J connectivity index is 1.70. The molecule has 4 aromatic heterocycles. The lowest BCUT2D eigenvalue weighted by Gasteiger charge is -2.09. The van der Waals surface area contributed by atoms with Crippen molar-refractivity contribution in [3.8, 4) is 28.5 Å². The van der Waals surface area contributed by atoms with Crippen LogP contribution in [0.15, 0.2) is 49.2 Å². The van der Waals surface area contributed by atoms with Gasteiger partial charge >= 0.3 is 6.18 Å². The lowest BCUT2D eigenvalue weighted by Crippen LogP contribution is -2.10. The molecule has 1 aromatic carbocycles. The van der Waals surface area contributed by atoms with Crippen molar-refractivity contribution in [1.82, 2.24) is 34.7 Å². The number of nitrogens with two attached hydrogens (primary N) is 1. The predicted molar refractivity (Wildman–Crippen MR) is 116 cm³/mol. The van der Waals surface area contributed by atoms with Gasteiger partial charge in [0.25, 0.3) is 0 Å². The highest BCUT2D eigenvalue weighted by Gasteiger charge is 2.34. The Hall–Kier alpha value is -4.86. The predicted octanol–water partition coefficient (Wildman–Crippen LogP) is 3.94. The lowest BCUT2D eigenvalue weighted by atomic mass is 10.1. The monoisotopic (exact) mass is 479 g/mol. The Bertz CT molecular complexity index is 1590. The SMILES string of the molecule is N#Cc1c(-c2cnc(C(F)(F)F)nc2)c2c(N)ncnc2n1Cc1cn[nH]c1-c1ccccc1F. The van der Waals surface area contributed by atoms with E-state index in [9.17, 15) is 22.8 Å². The Morgan fingerprint density at radius 2 is 1.80 bits per heavy atom. The normalized spacial score (nSPS) is 11.6. The molecule has 0 spiro atoms. The smallest absolute Gasteiger partial charge is 0.383 e. The van der Waals surface area contributed by atoms with E-state index in [4.69, 9.17) is 5.73 Å². The maximum Gasteiger partial charge on any atom is 0.451 e. The minimum Gasteiger partial charge on any atom is -0.383 e. The molecule has 0 amide bonds. The minimum absolute atomic E-state index is 0.0154. The number of halogens is 4. The largest absolute Gasteiger partial charge is 0.451 e. The summed E-state index contributed by atoms with van der Waals surface area (Å²) in [6, 6.07) is 8.18. The second-order valence-electron chi connectivity index (χ2n) is 7.42. The Morgan fingerprint density at radius 1 is 1.06 bits per heavy atom. The maximum absolute atomic E-state index is 14.4. The summed E-state index contributed by atoms with van der Waals surface area (Å²) in [5, 5.41) is 17.1. The first kappa shape index (κ1) is 22.0. The number of rotatable bonds is 4. The van der Waals surface area contributed by atoms with Gasteiger partial charge in [0.2, 0.25) is 5.82 Å². The molecular formula is C22H13F4N9. The summed E-state index contributed by atoms with van der Waals surface area (Å²) in [4.78, 5) is 15.0. The van der Waals surface area contributed by atoms with Crippen molar-refractivity contribution in [2.24, 2.45) is 0 Å². The van der Waals surface area contributed by atoms with E-state index in [-0.39, 0.29) is 45.8 Å². The average Bonchev–Trinajstić information content (AvgIpc) is 3.42. The van der Waals surface area contributed by atoms with E-state index in [1.165, 1.54) is 23.2 Å². The van der Waals surface area contributed by atoms with Gasteiger partial charge in [0.1, 0.15) is 35.4 Å². The molecule has 13 heteroatoms. The molecule has 0 aliphatic rings. The zero-order chi connectivity index (χ0) is 24.7. The van der Waals surface area contributed by atoms with Gasteiger partial charge < -0.3 is 10.3 Å². The van der Waals surface area contributed by atoms with Crippen LogP contribution in [0.4, 0.5) is 23.4 Å². The van der Waals surface area contributed by atoms with E-state index in [1.807, 2.05) is 0 Å². The van der Waals surface area contributed by atoms with Gasteiger partial charge in [-0.1, -0.05) is 12.1 Å². The number of nitrogens with one attached hydrogen (secondary N) is 1. The Kier molecular flexibility index (Phi) is 5.13. The van der Waals surface area contributed by atoms with Crippen molar-refractivity contribution in [1.29, 1.82) is 5.26 Å². The lowest BCUT2D eigenvalue weighted by molar-refractivity contribution is -0.144. The van der Waals surface area contributed by atoms with Crippen molar-refractivity contribution < 1.29 is 17.6 Å². The number of anilines is 1. The van der Waals surface area contributed by atoms with Gasteiger partial charge in [0.15, 0.2) is 0 Å². The van der Waals surface area contributed by atoms with Crippen molar-refractivity contribution >= 4 is 16.9 Å². The van der Waals surface area contributed by atoms with Crippen LogP contribution in [0.3, 0.4) is 0 Å². The molecule has 9 nitrogen and oxygen atoms in total. The number of aromatic nitrogens is 7. The number of nitrogen functional groups attached to an aromatic ring is 1. The maximum atomic E-state index is 14.4. The first-order valence-corrected chi connectivity index (χ1v) is 9.99. The number of fused-ring (bicyclic) bond motifs is 1. The molecule has 0 saturated heterocycles. The van der Waals surface area contributed by atoms with Gasteiger partial charge in [0.05, 0.1) is 23.8 Å². The van der Waals surface area contributed by atoms with Gasteiger partial charge in [-0.25, -0.2) is 24.3 Å². The molecule has 0 fully saturated rings. The van der Waals surface area contributed by atoms with Crippen molar-refractivity contribution in [2.75, 3.05) is 5.73 Å². The van der Waals surface area contributed by atoms with Crippen LogP contribution < -0.4 is 5.73 Å². The highest BCUT2D eigenvalue weighted by Crippen LogP contribution is 2.37. The first-order chi connectivity index (χ1) is 16.8. The van der Waals surface area contributed by atoms with E-state index in [2.05, 4.69) is 36.2 Å². The fourth-order valence-corrected chi connectivity index (χ4v) is 3.85. The number of aromatic amines is 1. The van der Waals surface area contributed by atoms with Gasteiger partial charge in [0, 0.05) is 34.6 Å². The van der Waals surface area contributed by atoms with Crippen LogP contribution in [-0.2, 0) is 12.7 Å². The third-order valence-corrected chi connectivity index (χ3v) is 5.36. The second-order valence-corrected chi connectivity index (χ2v) is 7.42. The summed E-state index contributed by atoms with van der Waals surface area (Å²) in [7, 11) is 0. The Labute approximate surface area is 193 Å². The fraction of sp³-hybridized carbons (Fsp3) is 0.0909. The number of hydrogen-bond acceptors (Lipinski definition) is 7. The van der Waals surface area contributed by atoms with Crippen LogP contribution >= 0.6 is 0 Å². The summed E-state index contributed by atoms with van der Waals surface area (Å²) < 4.78 is 54.8. The third-order valence-electron chi connectivity index (χ3n) is 5.36. The number of hydrogen-bond donors (Lipinski definition) is 2. The van der Waals surface area contributed by atoms with E-state index in [1.54, 1.807) is 18.2 Å². The molecule has 5 aromatic rings. The summed E-state index contributed by atoms with van der Waals surface area (Å²) in [5.41, 5.74) is 7.90. The van der Waals surface area contributed by atoms with Crippen LogP contribution in [0.25, 0.3) is 33.4 Å². The number of nitriles is 1. The molecule has 35 heavy (non-hydrogen) atoms. The van der Waals surface area contributed by atoms with Gasteiger partial charge in [-0.05, 0) is 12.1 Å². The molecule has 0 saturated carbocycles.